The molecule has 13 nitrogen and oxygen atoms in total. The highest BCUT2D eigenvalue weighted by Crippen LogP contribution is 2.62. The lowest BCUT2D eigenvalue weighted by Crippen LogP contribution is -2.54. The summed E-state index contributed by atoms with van der Waals surface area (Å²) in [6.07, 6.45) is 0.882. The molecular formula is C41H30Cl2F3N5O8. The topological polar surface area (TPSA) is 172 Å². The lowest BCUT2D eigenvalue weighted by atomic mass is 9.50. The van der Waals surface area contributed by atoms with E-state index in [0.29, 0.717) is 39.0 Å². The minimum Gasteiger partial charge on any atom is -0.504 e. The first-order valence-electron chi connectivity index (χ1n) is 18.1. The number of phenolic OH excluding ortho intramolecular Hbond substituents is 1. The van der Waals surface area contributed by atoms with Crippen LogP contribution in [0.2, 0.25) is 10.0 Å². The molecule has 0 bridgehead atoms. The van der Waals surface area contributed by atoms with Crippen molar-refractivity contribution >= 4 is 70.1 Å². The monoisotopic (exact) mass is 847 g/mol. The summed E-state index contributed by atoms with van der Waals surface area (Å²) < 4.78 is 45.8. The number of fused-ring (bicyclic) bond motifs is 4. The molecule has 59 heavy (non-hydrogen) atoms. The van der Waals surface area contributed by atoms with Crippen LogP contribution in [0.5, 0.6) is 11.5 Å². The number of nitrogens with zero attached hydrogens (tertiary/aromatic N) is 4. The van der Waals surface area contributed by atoms with Crippen LogP contribution in [0, 0.1) is 39.7 Å². The van der Waals surface area contributed by atoms with Gasteiger partial charge < -0.3 is 9.84 Å². The second-order valence-corrected chi connectivity index (χ2v) is 15.4. The van der Waals surface area contributed by atoms with Gasteiger partial charge in [0.15, 0.2) is 17.3 Å². The number of nitro groups is 1. The fraction of sp³-hybridized carbons (Fsp3) is 0.244. The number of aromatic hydroxyl groups is 1. The molecule has 0 radical (unpaired) electrons. The molecule has 3 aromatic carbocycles. The third-order valence-electron chi connectivity index (χ3n) is 11.6. The number of carbonyl (C=O) groups excluding carboxylic acids is 4. The summed E-state index contributed by atoms with van der Waals surface area (Å²) in [7, 11) is 1.37. The Morgan fingerprint density at radius 1 is 0.983 bits per heavy atom. The van der Waals surface area contributed by atoms with Crippen LogP contribution in [0.1, 0.15) is 29.5 Å². The largest absolute Gasteiger partial charge is 0.504 e. The SMILES string of the molecule is COc1cc(C=CC2C3=CCC4C(=O)N(c5ccc([N+](=O)[O-])cc5)C(=O)C4C3CC3C(=O)N(Nc4ncc(C(F)(F)F)cc4Cl)C(=O)C23c2ccc(Cl)cc2)ccc1O. The molecule has 2 N–H and O–H groups in total. The summed E-state index contributed by atoms with van der Waals surface area (Å²) >= 11 is 12.6. The number of halogens is 5. The molecule has 6 unspecified atom stereocenters. The number of amides is 4. The van der Waals surface area contributed by atoms with E-state index in [4.69, 9.17) is 27.9 Å². The van der Waals surface area contributed by atoms with Crippen LogP contribution in [0.15, 0.2) is 96.7 Å². The molecular weight excluding hydrogens is 818 g/mol. The van der Waals surface area contributed by atoms with Gasteiger partial charge >= 0.3 is 6.18 Å². The number of phenols is 1. The summed E-state index contributed by atoms with van der Waals surface area (Å²) in [5, 5.41) is 22.1. The zero-order valence-corrected chi connectivity index (χ0v) is 32.0. The van der Waals surface area contributed by atoms with Gasteiger partial charge in [-0.2, -0.15) is 18.2 Å². The standard InChI is InChI=1S/C41H30Cl2F3N5O8/c1-59-33-16-20(3-15-32(33)52)2-14-29-26-12-13-27-34(38(55)49(36(27)53)24-8-10-25(11-9-24)51(57)58)28(26)18-30-37(54)50(39(56)40(29,30)21-4-6-23(42)7-5-21)48-35-31(43)17-22(19-47-35)41(44,45)46/h2-12,14-17,19,27-30,34,52H,13,18H2,1H3,(H,47,48). The molecule has 2 saturated heterocycles. The number of carbonyl (C=O) groups is 4. The number of non-ortho nitro benzene ring substituents is 1. The van der Waals surface area contributed by atoms with Crippen LogP contribution in [-0.4, -0.2) is 50.8 Å². The molecule has 3 heterocycles. The zero-order chi connectivity index (χ0) is 42.1. The van der Waals surface area contributed by atoms with Gasteiger partial charge in [0.2, 0.25) is 11.8 Å². The first-order chi connectivity index (χ1) is 28.1. The number of pyridine rings is 1. The van der Waals surface area contributed by atoms with E-state index in [1.165, 1.54) is 37.4 Å². The predicted molar refractivity (Wildman–Crippen MR) is 207 cm³/mol. The third-order valence-corrected chi connectivity index (χ3v) is 12.2. The van der Waals surface area contributed by atoms with Crippen LogP contribution in [0.25, 0.3) is 6.08 Å². The van der Waals surface area contributed by atoms with E-state index in [1.807, 2.05) is 0 Å². The van der Waals surface area contributed by atoms with Crippen LogP contribution in [-0.2, 0) is 30.8 Å². The maximum absolute atomic E-state index is 15.3. The number of ether oxygens (including phenoxy) is 1. The van der Waals surface area contributed by atoms with Gasteiger partial charge in [-0.3, -0.25) is 39.6 Å². The molecule has 18 heteroatoms. The smallest absolute Gasteiger partial charge is 0.417 e. The van der Waals surface area contributed by atoms with Crippen molar-refractivity contribution in [2.24, 2.45) is 29.6 Å². The highest BCUT2D eigenvalue weighted by atomic mass is 35.5. The highest BCUT2D eigenvalue weighted by Gasteiger charge is 2.69. The number of nitrogens with one attached hydrogen (secondary N) is 1. The predicted octanol–water partition coefficient (Wildman–Crippen LogP) is 7.76. The number of nitro benzene ring substituents is 1. The maximum atomic E-state index is 15.3. The van der Waals surface area contributed by atoms with Crippen molar-refractivity contribution < 1.29 is 47.1 Å². The molecule has 2 aliphatic carbocycles. The molecule has 1 saturated carbocycles. The van der Waals surface area contributed by atoms with Crippen molar-refractivity contribution in [1.29, 1.82) is 0 Å². The van der Waals surface area contributed by atoms with E-state index in [-0.39, 0.29) is 35.7 Å². The first kappa shape index (κ1) is 39.6. The number of rotatable bonds is 8. The summed E-state index contributed by atoms with van der Waals surface area (Å²) in [4.78, 5) is 74.1. The van der Waals surface area contributed by atoms with Gasteiger partial charge in [0.05, 0.1) is 51.5 Å². The third kappa shape index (κ3) is 6.37. The van der Waals surface area contributed by atoms with E-state index >= 15 is 4.79 Å². The summed E-state index contributed by atoms with van der Waals surface area (Å²) in [5.74, 6) is -7.95. The number of benzene rings is 3. The Morgan fingerprint density at radius 3 is 2.34 bits per heavy atom. The number of methoxy groups -OCH3 is 1. The first-order valence-corrected chi connectivity index (χ1v) is 18.8. The molecule has 2 aliphatic heterocycles. The second-order valence-electron chi connectivity index (χ2n) is 14.5. The molecule has 6 atom stereocenters. The quantitative estimate of drug-likeness (QED) is 0.0773. The lowest BCUT2D eigenvalue weighted by Gasteiger charge is -2.49. The van der Waals surface area contributed by atoms with Gasteiger partial charge in [-0.15, -0.1) is 0 Å². The average Bonchev–Trinajstić information content (AvgIpc) is 3.59. The Bertz CT molecular complexity index is 2520. The van der Waals surface area contributed by atoms with Gasteiger partial charge in [-0.05, 0) is 72.4 Å². The average molecular weight is 849 g/mol. The number of imide groups is 2. The second kappa shape index (κ2) is 14.5. The van der Waals surface area contributed by atoms with Crippen LogP contribution >= 0.6 is 23.2 Å². The Hall–Kier alpha value is -6.26. The van der Waals surface area contributed by atoms with E-state index in [0.717, 1.165) is 4.90 Å². The van der Waals surface area contributed by atoms with Crippen molar-refractivity contribution in [3.8, 4) is 11.5 Å². The number of allylic oxidation sites excluding steroid dienone is 3. The Kier molecular flexibility index (Phi) is 9.74. The minimum atomic E-state index is -4.78. The fourth-order valence-corrected chi connectivity index (χ4v) is 9.35. The number of alkyl halides is 3. The molecule has 4 amide bonds. The van der Waals surface area contributed by atoms with Gasteiger partial charge in [0, 0.05) is 29.3 Å². The Labute approximate surface area is 342 Å². The summed E-state index contributed by atoms with van der Waals surface area (Å²) in [6, 6.07) is 16.5. The molecule has 302 valence electrons. The van der Waals surface area contributed by atoms with E-state index < -0.39 is 86.1 Å². The number of hydrogen-bond acceptors (Lipinski definition) is 10. The molecule has 4 aliphatic rings. The normalized spacial score (nSPS) is 25.2. The van der Waals surface area contributed by atoms with E-state index in [9.17, 15) is 42.8 Å². The lowest BCUT2D eigenvalue weighted by molar-refractivity contribution is -0.384. The van der Waals surface area contributed by atoms with Gasteiger partial charge in [0.25, 0.3) is 17.5 Å². The minimum absolute atomic E-state index is 0.0818. The van der Waals surface area contributed by atoms with E-state index in [1.54, 1.807) is 54.6 Å². The van der Waals surface area contributed by atoms with Gasteiger partial charge in [-0.25, -0.2) is 4.98 Å². The van der Waals surface area contributed by atoms with Crippen molar-refractivity contribution in [3.63, 3.8) is 0 Å². The summed E-state index contributed by atoms with van der Waals surface area (Å²) in [5.41, 5.74) is 1.04. The highest BCUT2D eigenvalue weighted by molar-refractivity contribution is 6.33. The van der Waals surface area contributed by atoms with Crippen molar-refractivity contribution in [1.82, 2.24) is 9.99 Å². The molecule has 3 fully saturated rings. The summed E-state index contributed by atoms with van der Waals surface area (Å²) in [6.45, 7) is 0. The van der Waals surface area contributed by atoms with Crippen LogP contribution in [0.3, 0.4) is 0 Å². The number of hydrogen-bond donors (Lipinski definition) is 2. The van der Waals surface area contributed by atoms with E-state index in [2.05, 4.69) is 10.4 Å². The molecule has 4 aromatic rings. The van der Waals surface area contributed by atoms with Crippen LogP contribution in [0.4, 0.5) is 30.4 Å². The number of anilines is 2. The molecule has 1 aromatic heterocycles. The van der Waals surface area contributed by atoms with Gasteiger partial charge in [-0.1, -0.05) is 65.2 Å². The molecule has 0 spiro atoms. The Morgan fingerprint density at radius 2 is 1.69 bits per heavy atom. The fourth-order valence-electron chi connectivity index (χ4n) is 9.01. The zero-order valence-electron chi connectivity index (χ0n) is 30.5. The van der Waals surface area contributed by atoms with Crippen molar-refractivity contribution in [3.05, 3.63) is 134 Å². The van der Waals surface area contributed by atoms with Gasteiger partial charge in [0.1, 0.15) is 0 Å². The van der Waals surface area contributed by atoms with Crippen molar-refractivity contribution in [2.75, 3.05) is 17.4 Å². The maximum Gasteiger partial charge on any atom is 0.417 e. The van der Waals surface area contributed by atoms with Crippen LogP contribution < -0.4 is 15.1 Å². The number of aromatic nitrogens is 1. The Balaban J connectivity index is 1.28. The molecule has 8 rings (SSSR count). The van der Waals surface area contributed by atoms with Crippen molar-refractivity contribution in [2.45, 2.75) is 24.4 Å². The number of hydrazine groups is 1.